The summed E-state index contributed by atoms with van der Waals surface area (Å²) < 4.78 is 0. The molecule has 0 aliphatic rings. The summed E-state index contributed by atoms with van der Waals surface area (Å²) in [5, 5.41) is 15.3. The smallest absolute Gasteiger partial charge is 0.231 e. The SMILES string of the molecule is N=C=O.O=C(c1ccccc1)C(O)c1ccccc1. The summed E-state index contributed by atoms with van der Waals surface area (Å²) in [7, 11) is 0. The molecule has 1 unspecified atom stereocenters. The van der Waals surface area contributed by atoms with Gasteiger partial charge in [-0.2, -0.15) is 0 Å². The Morgan fingerprint density at radius 3 is 1.89 bits per heavy atom. The van der Waals surface area contributed by atoms with Gasteiger partial charge in [-0.15, -0.1) is 0 Å². The Balaban J connectivity index is 0.000000550. The van der Waals surface area contributed by atoms with E-state index in [9.17, 15) is 9.90 Å². The Labute approximate surface area is 110 Å². The Morgan fingerprint density at radius 1 is 1.00 bits per heavy atom. The number of ketones is 1. The zero-order chi connectivity index (χ0) is 14.1. The molecule has 2 N–H and O–H groups in total. The minimum Gasteiger partial charge on any atom is -0.380 e. The molecule has 0 saturated heterocycles. The molecule has 2 aromatic rings. The molecule has 4 nitrogen and oxygen atoms in total. The Kier molecular flexibility index (Phi) is 5.89. The molecule has 0 saturated carbocycles. The molecule has 19 heavy (non-hydrogen) atoms. The van der Waals surface area contributed by atoms with E-state index in [0.29, 0.717) is 11.1 Å². The van der Waals surface area contributed by atoms with E-state index >= 15 is 0 Å². The standard InChI is InChI=1S/C14H12O2.CHNO/c15-13(11-7-3-1-4-8-11)14(16)12-9-5-2-6-10-12;2-1-3/h1-10,13,15H;2H. The highest BCUT2D eigenvalue weighted by molar-refractivity contribution is 5.99. The first-order valence-corrected chi connectivity index (χ1v) is 5.57. The third kappa shape index (κ3) is 4.32. The van der Waals surface area contributed by atoms with Crippen LogP contribution >= 0.6 is 0 Å². The molecule has 0 aromatic heterocycles. The molecule has 0 bridgehead atoms. The lowest BCUT2D eigenvalue weighted by Gasteiger charge is -2.09. The number of hydrogen-bond acceptors (Lipinski definition) is 4. The van der Waals surface area contributed by atoms with Gasteiger partial charge in [-0.1, -0.05) is 60.7 Å². The van der Waals surface area contributed by atoms with E-state index in [0.717, 1.165) is 6.08 Å². The fraction of sp³-hybridized carbons (Fsp3) is 0.0667. The number of isocyanates is 1. The predicted octanol–water partition coefficient (Wildman–Crippen LogP) is 2.50. The van der Waals surface area contributed by atoms with Gasteiger partial charge >= 0.3 is 0 Å². The molecule has 0 aliphatic carbocycles. The third-order valence-electron chi connectivity index (χ3n) is 2.42. The van der Waals surface area contributed by atoms with Crippen LogP contribution in [0.5, 0.6) is 0 Å². The van der Waals surface area contributed by atoms with Crippen molar-refractivity contribution in [2.45, 2.75) is 6.10 Å². The number of nitrogens with one attached hydrogen (secondary N) is 1. The zero-order valence-electron chi connectivity index (χ0n) is 10.1. The number of carbonyl (C=O) groups excluding carboxylic acids is 2. The minimum absolute atomic E-state index is 0.271. The monoisotopic (exact) mass is 255 g/mol. The van der Waals surface area contributed by atoms with Gasteiger partial charge in [0.25, 0.3) is 0 Å². The van der Waals surface area contributed by atoms with Crippen molar-refractivity contribution in [1.82, 2.24) is 0 Å². The van der Waals surface area contributed by atoms with Gasteiger partial charge in [0.1, 0.15) is 6.10 Å². The maximum absolute atomic E-state index is 11.9. The summed E-state index contributed by atoms with van der Waals surface area (Å²) in [6, 6.07) is 17.7. The van der Waals surface area contributed by atoms with Gasteiger partial charge in [0.05, 0.1) is 0 Å². The van der Waals surface area contributed by atoms with Crippen LogP contribution in [0.3, 0.4) is 0 Å². The van der Waals surface area contributed by atoms with Gasteiger partial charge in [-0.25, -0.2) is 10.2 Å². The topological polar surface area (TPSA) is 78.2 Å². The van der Waals surface area contributed by atoms with E-state index in [-0.39, 0.29) is 5.78 Å². The lowest BCUT2D eigenvalue weighted by molar-refractivity contribution is 0.0747. The average molecular weight is 255 g/mol. The van der Waals surface area contributed by atoms with E-state index in [1.54, 1.807) is 48.5 Å². The highest BCUT2D eigenvalue weighted by atomic mass is 16.3. The highest BCUT2D eigenvalue weighted by Gasteiger charge is 2.18. The quantitative estimate of drug-likeness (QED) is 0.502. The number of aliphatic hydroxyl groups excluding tert-OH is 1. The number of carbonyl (C=O) groups is 1. The molecule has 0 heterocycles. The molecule has 0 aliphatic heterocycles. The molecule has 2 rings (SSSR count). The van der Waals surface area contributed by atoms with Gasteiger partial charge in [0.2, 0.25) is 6.08 Å². The maximum atomic E-state index is 11.9. The summed E-state index contributed by atoms with van der Waals surface area (Å²) in [5.41, 5.74) is 1.15. The summed E-state index contributed by atoms with van der Waals surface area (Å²) in [6.45, 7) is 0. The van der Waals surface area contributed by atoms with Crippen LogP contribution in [-0.4, -0.2) is 17.0 Å². The van der Waals surface area contributed by atoms with Gasteiger partial charge in [-0.3, -0.25) is 4.79 Å². The van der Waals surface area contributed by atoms with Crippen LogP contribution in [0.4, 0.5) is 0 Å². The van der Waals surface area contributed by atoms with Crippen molar-refractivity contribution in [2.75, 3.05) is 0 Å². The third-order valence-corrected chi connectivity index (χ3v) is 2.42. The maximum Gasteiger partial charge on any atom is 0.231 e. The lowest BCUT2D eigenvalue weighted by Crippen LogP contribution is -2.11. The zero-order valence-corrected chi connectivity index (χ0v) is 10.1. The first kappa shape index (κ1) is 14.5. The summed E-state index contributed by atoms with van der Waals surface area (Å²) in [5.74, 6) is -0.271. The fourth-order valence-corrected chi connectivity index (χ4v) is 1.55. The number of Topliss-reactive ketones (excluding diaryl/α,β-unsaturated/α-hetero) is 1. The second-order valence-corrected chi connectivity index (χ2v) is 3.65. The summed E-state index contributed by atoms with van der Waals surface area (Å²) >= 11 is 0. The molecule has 0 amide bonds. The average Bonchev–Trinajstić information content (AvgIpc) is 2.48. The summed E-state index contributed by atoms with van der Waals surface area (Å²) in [6.07, 6.45) is -0.330. The number of hydrogen-bond donors (Lipinski definition) is 2. The van der Waals surface area contributed by atoms with Crippen LogP contribution in [0.25, 0.3) is 0 Å². The first-order chi connectivity index (χ1) is 9.20. The molecule has 0 radical (unpaired) electrons. The molecule has 0 fully saturated rings. The largest absolute Gasteiger partial charge is 0.380 e. The van der Waals surface area contributed by atoms with Crippen LogP contribution in [-0.2, 0) is 4.79 Å². The van der Waals surface area contributed by atoms with Crippen molar-refractivity contribution >= 4 is 11.9 Å². The second kappa shape index (κ2) is 7.71. The van der Waals surface area contributed by atoms with Crippen LogP contribution < -0.4 is 0 Å². The molecular weight excluding hydrogens is 242 g/mol. The van der Waals surface area contributed by atoms with Gasteiger partial charge < -0.3 is 5.11 Å². The molecule has 1 atom stereocenters. The van der Waals surface area contributed by atoms with Gasteiger partial charge in [0.15, 0.2) is 5.78 Å². The molecule has 0 spiro atoms. The number of benzene rings is 2. The van der Waals surface area contributed by atoms with Crippen molar-refractivity contribution in [1.29, 1.82) is 5.41 Å². The number of rotatable bonds is 3. The molecule has 96 valence electrons. The highest BCUT2D eigenvalue weighted by Crippen LogP contribution is 2.17. The van der Waals surface area contributed by atoms with Crippen molar-refractivity contribution in [3.05, 3.63) is 71.8 Å². The Hall–Kier alpha value is -2.55. The van der Waals surface area contributed by atoms with E-state index < -0.39 is 6.10 Å². The van der Waals surface area contributed by atoms with E-state index in [2.05, 4.69) is 0 Å². The van der Waals surface area contributed by atoms with Crippen LogP contribution in [0, 0.1) is 5.41 Å². The van der Waals surface area contributed by atoms with Crippen LogP contribution in [0.15, 0.2) is 60.7 Å². The normalized spacial score (nSPS) is 10.6. The second-order valence-electron chi connectivity index (χ2n) is 3.65. The van der Waals surface area contributed by atoms with Crippen LogP contribution in [0.2, 0.25) is 0 Å². The predicted molar refractivity (Wildman–Crippen MR) is 70.6 cm³/mol. The number of aliphatic hydroxyl groups is 1. The fourth-order valence-electron chi connectivity index (χ4n) is 1.55. The molecular formula is C15H13NO3. The van der Waals surface area contributed by atoms with Crippen molar-refractivity contribution in [2.24, 2.45) is 0 Å². The van der Waals surface area contributed by atoms with E-state index in [1.165, 1.54) is 0 Å². The van der Waals surface area contributed by atoms with Crippen molar-refractivity contribution in [3.8, 4) is 0 Å². The van der Waals surface area contributed by atoms with E-state index in [1.807, 2.05) is 12.1 Å². The van der Waals surface area contributed by atoms with Crippen molar-refractivity contribution < 1.29 is 14.7 Å². The van der Waals surface area contributed by atoms with Gasteiger partial charge in [0, 0.05) is 5.56 Å². The Bertz CT molecular complexity index is 546. The Morgan fingerprint density at radius 2 is 1.42 bits per heavy atom. The summed E-state index contributed by atoms with van der Waals surface area (Å²) in [4.78, 5) is 20.2. The lowest BCUT2D eigenvalue weighted by atomic mass is 10.0. The van der Waals surface area contributed by atoms with Crippen molar-refractivity contribution in [3.63, 3.8) is 0 Å². The minimum atomic E-state index is -1.08. The molecule has 2 aromatic carbocycles. The molecule has 4 heteroatoms. The first-order valence-electron chi connectivity index (χ1n) is 5.57. The van der Waals surface area contributed by atoms with Gasteiger partial charge in [-0.05, 0) is 5.56 Å². The van der Waals surface area contributed by atoms with Crippen LogP contribution in [0.1, 0.15) is 22.0 Å². The van der Waals surface area contributed by atoms with E-state index in [4.69, 9.17) is 10.2 Å².